The molecule has 1 aromatic carbocycles. The highest BCUT2D eigenvalue weighted by molar-refractivity contribution is 5.91. The number of nitrogens with one attached hydrogen (secondary N) is 2. The molecule has 25 heavy (non-hydrogen) atoms. The first-order chi connectivity index (χ1) is 11.9. The van der Waals surface area contributed by atoms with Crippen molar-refractivity contribution in [3.63, 3.8) is 0 Å². The van der Waals surface area contributed by atoms with Gasteiger partial charge in [-0.3, -0.25) is 0 Å². The van der Waals surface area contributed by atoms with E-state index in [4.69, 9.17) is 14.6 Å². The average molecular weight is 358 g/mol. The van der Waals surface area contributed by atoms with Gasteiger partial charge in [-0.1, -0.05) is 12.1 Å². The average Bonchev–Trinajstić information content (AvgIpc) is 2.61. The van der Waals surface area contributed by atoms with Crippen molar-refractivity contribution in [2.24, 2.45) is 0 Å². The van der Waals surface area contributed by atoms with E-state index in [-0.39, 0.29) is 0 Å². The van der Waals surface area contributed by atoms with Gasteiger partial charge < -0.3 is 45.6 Å². The van der Waals surface area contributed by atoms with Crippen LogP contribution in [0.25, 0.3) is 0 Å². The van der Waals surface area contributed by atoms with E-state index < -0.39 is 49.4 Å². The Morgan fingerprint density at radius 2 is 1.96 bits per heavy atom. The van der Waals surface area contributed by atoms with Crippen molar-refractivity contribution in [2.45, 2.75) is 36.7 Å². The highest BCUT2D eigenvalue weighted by Crippen LogP contribution is 2.24. The maximum Gasteiger partial charge on any atom is 0.319 e. The van der Waals surface area contributed by atoms with Gasteiger partial charge in [-0.15, -0.1) is 0 Å². The van der Waals surface area contributed by atoms with Crippen molar-refractivity contribution in [1.29, 1.82) is 0 Å². The quantitative estimate of drug-likeness (QED) is 0.317. The van der Waals surface area contributed by atoms with Crippen LogP contribution in [0, 0.1) is 0 Å². The smallest absolute Gasteiger partial charge is 0.319 e. The van der Waals surface area contributed by atoms with E-state index in [0.717, 1.165) is 0 Å². The van der Waals surface area contributed by atoms with Gasteiger partial charge in [0.1, 0.15) is 36.2 Å². The molecule has 0 unspecified atom stereocenters. The first kappa shape index (κ1) is 19.4. The number of rotatable bonds is 5. The van der Waals surface area contributed by atoms with Crippen molar-refractivity contribution in [2.75, 3.05) is 19.0 Å². The molecule has 10 nitrogen and oxygen atoms in total. The van der Waals surface area contributed by atoms with E-state index >= 15 is 0 Å². The Labute approximate surface area is 143 Å². The summed E-state index contributed by atoms with van der Waals surface area (Å²) in [5.74, 6) is 0.407. The fraction of sp³-hybridized carbons (Fsp3) is 0.533. The summed E-state index contributed by atoms with van der Waals surface area (Å²) in [5.41, 5.74) is 0.359. The number of ether oxygens (including phenoxy) is 2. The summed E-state index contributed by atoms with van der Waals surface area (Å²) in [5, 5.41) is 53.2. The van der Waals surface area contributed by atoms with E-state index in [0.29, 0.717) is 11.4 Å². The van der Waals surface area contributed by atoms with Crippen molar-refractivity contribution in [3.8, 4) is 5.75 Å². The number of carbonyl (C=O) groups is 1. The molecule has 7 N–H and O–H groups in total. The molecule has 0 spiro atoms. The lowest BCUT2D eigenvalue weighted by Crippen LogP contribution is -2.66. The van der Waals surface area contributed by atoms with Crippen LogP contribution >= 0.6 is 0 Å². The van der Waals surface area contributed by atoms with Gasteiger partial charge in [0.2, 0.25) is 0 Å². The molecule has 1 fully saturated rings. The van der Waals surface area contributed by atoms with Crippen LogP contribution in [0.3, 0.4) is 0 Å². The second-order valence-electron chi connectivity index (χ2n) is 5.55. The Hall–Kier alpha value is -1.95. The molecule has 10 heteroatoms. The summed E-state index contributed by atoms with van der Waals surface area (Å²) in [6.45, 7) is -0.729. The number of para-hydroxylation sites is 2. The Morgan fingerprint density at radius 3 is 2.60 bits per heavy atom. The van der Waals surface area contributed by atoms with Crippen molar-refractivity contribution >= 4 is 11.7 Å². The van der Waals surface area contributed by atoms with Crippen LogP contribution < -0.4 is 15.4 Å². The van der Waals surface area contributed by atoms with E-state index in [9.17, 15) is 25.2 Å². The molecule has 0 aliphatic carbocycles. The van der Waals surface area contributed by atoms with Gasteiger partial charge in [0.05, 0.1) is 19.4 Å². The molecule has 0 saturated carbocycles. The summed E-state index contributed by atoms with van der Waals surface area (Å²) in [4.78, 5) is 12.1. The minimum atomic E-state index is -1.70. The molecule has 6 atom stereocenters. The highest BCUT2D eigenvalue weighted by Gasteiger charge is 2.47. The first-order valence-corrected chi connectivity index (χ1v) is 7.58. The van der Waals surface area contributed by atoms with Gasteiger partial charge in [0.25, 0.3) is 0 Å². The highest BCUT2D eigenvalue weighted by atomic mass is 16.6. The topological polar surface area (TPSA) is 161 Å². The molecular weight excluding hydrogens is 336 g/mol. The molecule has 1 heterocycles. The third-order valence-corrected chi connectivity index (χ3v) is 3.88. The minimum absolute atomic E-state index is 0.359. The lowest BCUT2D eigenvalue weighted by molar-refractivity contribution is -0.267. The third-order valence-electron chi connectivity index (χ3n) is 3.88. The number of benzene rings is 1. The number of anilines is 1. The molecular formula is C15H22N2O8. The summed E-state index contributed by atoms with van der Waals surface area (Å²) in [6.07, 6.45) is -7.85. The predicted molar refractivity (Wildman–Crippen MR) is 84.9 cm³/mol. The zero-order valence-corrected chi connectivity index (χ0v) is 13.4. The zero-order chi connectivity index (χ0) is 18.6. The van der Waals surface area contributed by atoms with Gasteiger partial charge in [-0.05, 0) is 12.1 Å². The molecule has 2 rings (SSSR count). The van der Waals surface area contributed by atoms with Gasteiger partial charge in [0, 0.05) is 0 Å². The maximum absolute atomic E-state index is 12.1. The third kappa shape index (κ3) is 4.37. The number of amides is 2. The van der Waals surface area contributed by atoms with E-state index in [2.05, 4.69) is 10.6 Å². The second kappa shape index (κ2) is 8.43. The standard InChI is InChI=1S/C15H22N2O8/c1-24-9-5-3-2-4-7(9)16-15(23)17-10-11(20)12(21)13(8(19)6-18)25-14(10)22/h2-5,8,10-14,18-22H,6H2,1H3,(H2,16,17,23)/t8-,10+,11+,12-,13+,14-/m1/s1. The lowest BCUT2D eigenvalue weighted by atomic mass is 9.94. The first-order valence-electron chi connectivity index (χ1n) is 7.58. The molecule has 2 amide bonds. The summed E-state index contributed by atoms with van der Waals surface area (Å²) in [6, 6.07) is 4.49. The minimum Gasteiger partial charge on any atom is -0.495 e. The zero-order valence-electron chi connectivity index (χ0n) is 13.4. The molecule has 140 valence electrons. The number of aliphatic hydroxyl groups is 5. The van der Waals surface area contributed by atoms with Gasteiger partial charge in [-0.2, -0.15) is 0 Å². The molecule has 1 saturated heterocycles. The van der Waals surface area contributed by atoms with Crippen LogP contribution in [-0.4, -0.2) is 82.0 Å². The van der Waals surface area contributed by atoms with Crippen LogP contribution in [0.4, 0.5) is 10.5 Å². The van der Waals surface area contributed by atoms with Gasteiger partial charge in [-0.25, -0.2) is 4.79 Å². The van der Waals surface area contributed by atoms with Crippen LogP contribution in [0.15, 0.2) is 24.3 Å². The second-order valence-corrected chi connectivity index (χ2v) is 5.55. The van der Waals surface area contributed by atoms with Gasteiger partial charge >= 0.3 is 6.03 Å². The number of hydrogen-bond acceptors (Lipinski definition) is 8. The lowest BCUT2D eigenvalue weighted by Gasteiger charge is -2.42. The Morgan fingerprint density at radius 1 is 1.28 bits per heavy atom. The molecule has 1 aromatic rings. The number of aliphatic hydroxyl groups excluding tert-OH is 5. The normalized spacial score (nSPS) is 30.4. The summed E-state index contributed by atoms with van der Waals surface area (Å²) < 4.78 is 10.1. The van der Waals surface area contributed by atoms with Crippen LogP contribution in [0.5, 0.6) is 5.75 Å². The Bertz CT molecular complexity index is 586. The van der Waals surface area contributed by atoms with E-state index in [1.807, 2.05) is 0 Å². The summed E-state index contributed by atoms with van der Waals surface area (Å²) >= 11 is 0. The molecule has 0 aromatic heterocycles. The Kier molecular flexibility index (Phi) is 6.53. The molecule has 0 radical (unpaired) electrons. The number of hydrogen-bond donors (Lipinski definition) is 7. The number of methoxy groups -OCH3 is 1. The van der Waals surface area contributed by atoms with Crippen molar-refractivity contribution in [1.82, 2.24) is 5.32 Å². The van der Waals surface area contributed by atoms with Crippen molar-refractivity contribution in [3.05, 3.63) is 24.3 Å². The van der Waals surface area contributed by atoms with E-state index in [1.165, 1.54) is 7.11 Å². The number of carbonyl (C=O) groups excluding carboxylic acids is 1. The largest absolute Gasteiger partial charge is 0.495 e. The predicted octanol–water partition coefficient (Wildman–Crippen LogP) is -2.02. The van der Waals surface area contributed by atoms with E-state index in [1.54, 1.807) is 24.3 Å². The van der Waals surface area contributed by atoms with Gasteiger partial charge in [0.15, 0.2) is 6.29 Å². The summed E-state index contributed by atoms with van der Waals surface area (Å²) in [7, 11) is 1.43. The maximum atomic E-state index is 12.1. The molecule has 0 bridgehead atoms. The van der Waals surface area contributed by atoms with Crippen molar-refractivity contribution < 1.29 is 39.8 Å². The molecule has 1 aliphatic heterocycles. The molecule has 1 aliphatic rings. The SMILES string of the molecule is COc1ccccc1NC(=O)N[C@H]1[C@H](O)[C@@H](O)[C@H]([C@H](O)CO)O[C@H]1O. The Balaban J connectivity index is 2.03. The van der Waals surface area contributed by atoms with Crippen LogP contribution in [0.2, 0.25) is 0 Å². The van der Waals surface area contributed by atoms with Crippen LogP contribution in [0.1, 0.15) is 0 Å². The fourth-order valence-electron chi connectivity index (χ4n) is 2.54. The fourth-order valence-corrected chi connectivity index (χ4v) is 2.54. The monoisotopic (exact) mass is 358 g/mol. The van der Waals surface area contributed by atoms with Crippen LogP contribution in [-0.2, 0) is 4.74 Å². The number of urea groups is 1.